The van der Waals surface area contributed by atoms with E-state index in [1.165, 1.54) is 4.90 Å². The molecule has 0 spiro atoms. The Morgan fingerprint density at radius 3 is 2.03 bits per heavy atom. The molecule has 150 valence electrons. The first-order valence-corrected chi connectivity index (χ1v) is 9.77. The number of hydrogen-bond donors (Lipinski definition) is 0. The van der Waals surface area contributed by atoms with Crippen LogP contribution in [0.1, 0.15) is 11.6 Å². The second kappa shape index (κ2) is 7.31. The molecule has 2 aliphatic heterocycles. The molecule has 2 saturated heterocycles. The Balaban J connectivity index is 1.55. The molecule has 2 heterocycles. The summed E-state index contributed by atoms with van der Waals surface area (Å²) in [5.74, 6) is -0.592. The van der Waals surface area contributed by atoms with E-state index in [0.717, 1.165) is 11.3 Å². The summed E-state index contributed by atoms with van der Waals surface area (Å²) in [6.07, 6.45) is -0.870. The lowest BCUT2D eigenvalue weighted by Crippen LogP contribution is -2.37. The summed E-state index contributed by atoms with van der Waals surface area (Å²) in [6.45, 7) is 0. The molecule has 3 aromatic carbocycles. The molecule has 0 bridgehead atoms. The van der Waals surface area contributed by atoms with Crippen LogP contribution < -0.4 is 14.7 Å². The molecule has 2 aliphatic rings. The zero-order valence-corrected chi connectivity index (χ0v) is 16.3. The number of ether oxygens (including phenoxy) is 1. The van der Waals surface area contributed by atoms with E-state index in [4.69, 9.17) is 9.57 Å². The molecule has 3 aromatic rings. The first-order chi connectivity index (χ1) is 14.7. The molecule has 5 rings (SSSR count). The van der Waals surface area contributed by atoms with E-state index in [0.29, 0.717) is 11.4 Å². The lowest BCUT2D eigenvalue weighted by Gasteiger charge is -2.28. The maximum Gasteiger partial charge on any atom is 0.266 e. The van der Waals surface area contributed by atoms with Gasteiger partial charge in [0, 0.05) is 0 Å². The van der Waals surface area contributed by atoms with E-state index in [9.17, 15) is 9.59 Å². The van der Waals surface area contributed by atoms with Crippen LogP contribution in [0.25, 0.3) is 0 Å². The lowest BCUT2D eigenvalue weighted by atomic mass is 9.90. The van der Waals surface area contributed by atoms with Crippen molar-refractivity contribution >= 4 is 23.2 Å². The Bertz CT molecular complexity index is 1070. The van der Waals surface area contributed by atoms with Crippen LogP contribution in [0.4, 0.5) is 11.4 Å². The normalized spacial score (nSPS) is 23.0. The molecule has 0 saturated carbocycles. The fourth-order valence-electron chi connectivity index (χ4n) is 4.19. The van der Waals surface area contributed by atoms with Crippen LogP contribution in [-0.4, -0.2) is 25.0 Å². The Labute approximate surface area is 174 Å². The van der Waals surface area contributed by atoms with Crippen LogP contribution in [0.5, 0.6) is 5.75 Å². The highest BCUT2D eigenvalue weighted by Crippen LogP contribution is 2.47. The molecule has 3 atom stereocenters. The van der Waals surface area contributed by atoms with E-state index in [2.05, 4.69) is 0 Å². The topological polar surface area (TPSA) is 59.1 Å². The van der Waals surface area contributed by atoms with Gasteiger partial charge in [-0.05, 0) is 42.0 Å². The summed E-state index contributed by atoms with van der Waals surface area (Å²) >= 11 is 0. The second-order valence-corrected chi connectivity index (χ2v) is 7.28. The average molecular weight is 400 g/mol. The molecule has 2 amide bonds. The number of rotatable bonds is 4. The van der Waals surface area contributed by atoms with Crippen molar-refractivity contribution < 1.29 is 19.2 Å². The van der Waals surface area contributed by atoms with Gasteiger partial charge in [-0.1, -0.05) is 48.5 Å². The predicted molar refractivity (Wildman–Crippen MR) is 112 cm³/mol. The van der Waals surface area contributed by atoms with Gasteiger partial charge in [0.05, 0.1) is 24.5 Å². The van der Waals surface area contributed by atoms with Gasteiger partial charge in [0.25, 0.3) is 5.91 Å². The van der Waals surface area contributed by atoms with Gasteiger partial charge >= 0.3 is 0 Å². The van der Waals surface area contributed by atoms with Gasteiger partial charge in [0.2, 0.25) is 5.91 Å². The minimum Gasteiger partial charge on any atom is -0.497 e. The van der Waals surface area contributed by atoms with Crippen LogP contribution in [-0.2, 0) is 14.4 Å². The zero-order chi connectivity index (χ0) is 20.7. The first kappa shape index (κ1) is 18.4. The van der Waals surface area contributed by atoms with Gasteiger partial charge in [-0.3, -0.25) is 14.4 Å². The molecule has 0 unspecified atom stereocenters. The number of carbonyl (C=O) groups excluding carboxylic acids is 2. The molecular formula is C24H20N2O4. The molecule has 6 nitrogen and oxygen atoms in total. The van der Waals surface area contributed by atoms with Crippen molar-refractivity contribution in [2.24, 2.45) is 5.92 Å². The number of anilines is 2. The molecule has 2 fully saturated rings. The van der Waals surface area contributed by atoms with Gasteiger partial charge in [-0.2, -0.15) is 0 Å². The number of carbonyl (C=O) groups is 2. The Morgan fingerprint density at radius 2 is 1.40 bits per heavy atom. The summed E-state index contributed by atoms with van der Waals surface area (Å²) < 4.78 is 5.18. The number of hydroxylamine groups is 1. The van der Waals surface area contributed by atoms with Crippen molar-refractivity contribution in [3.8, 4) is 5.75 Å². The molecular weight excluding hydrogens is 380 g/mol. The Morgan fingerprint density at radius 1 is 0.767 bits per heavy atom. The molecule has 6 heteroatoms. The molecule has 0 radical (unpaired) electrons. The van der Waals surface area contributed by atoms with E-state index >= 15 is 0 Å². The van der Waals surface area contributed by atoms with Crippen molar-refractivity contribution in [2.75, 3.05) is 17.1 Å². The largest absolute Gasteiger partial charge is 0.497 e. The van der Waals surface area contributed by atoms with Crippen molar-refractivity contribution in [2.45, 2.75) is 12.1 Å². The molecule has 0 aromatic heterocycles. The summed E-state index contributed by atoms with van der Waals surface area (Å²) in [6, 6.07) is 25.7. The molecule has 0 aliphatic carbocycles. The fourth-order valence-corrected chi connectivity index (χ4v) is 4.19. The third kappa shape index (κ3) is 2.84. The van der Waals surface area contributed by atoms with Crippen LogP contribution >= 0.6 is 0 Å². The van der Waals surface area contributed by atoms with Crippen molar-refractivity contribution in [3.05, 3.63) is 90.5 Å². The number of imide groups is 1. The number of nitrogens with zero attached hydrogens (tertiary/aromatic N) is 2. The summed E-state index contributed by atoms with van der Waals surface area (Å²) in [7, 11) is 1.57. The Kier molecular flexibility index (Phi) is 4.48. The highest BCUT2D eigenvalue weighted by Gasteiger charge is 2.60. The van der Waals surface area contributed by atoms with E-state index in [1.807, 2.05) is 60.7 Å². The standard InChI is InChI=1S/C24H20N2O4/c1-29-19-14-12-17(13-15-19)25-23(27)20-21(16-8-4-2-5-9-16)26(30-22(20)24(25)28)18-10-6-3-7-11-18/h2-15,20-22H,1H3/t20-,21+,22+/m1/s1. The van der Waals surface area contributed by atoms with Crippen LogP contribution in [0, 0.1) is 5.92 Å². The SMILES string of the molecule is COc1ccc(N2C(=O)[C@H]3[C@H](ON(c4ccccc4)[C@H]3c3ccccc3)C2=O)cc1. The maximum absolute atomic E-state index is 13.5. The Hall–Kier alpha value is -3.64. The van der Waals surface area contributed by atoms with Crippen LogP contribution in [0.15, 0.2) is 84.9 Å². The number of benzene rings is 3. The van der Waals surface area contributed by atoms with Crippen molar-refractivity contribution in [1.82, 2.24) is 0 Å². The van der Waals surface area contributed by atoms with Gasteiger partial charge in [-0.15, -0.1) is 0 Å². The summed E-state index contributed by atoms with van der Waals surface area (Å²) in [5, 5.41) is 1.70. The van der Waals surface area contributed by atoms with E-state index in [1.54, 1.807) is 36.4 Å². The van der Waals surface area contributed by atoms with E-state index < -0.39 is 18.1 Å². The maximum atomic E-state index is 13.5. The zero-order valence-electron chi connectivity index (χ0n) is 16.3. The smallest absolute Gasteiger partial charge is 0.266 e. The van der Waals surface area contributed by atoms with Crippen molar-refractivity contribution in [3.63, 3.8) is 0 Å². The van der Waals surface area contributed by atoms with Gasteiger partial charge < -0.3 is 4.74 Å². The third-order valence-electron chi connectivity index (χ3n) is 5.60. The highest BCUT2D eigenvalue weighted by atomic mass is 16.7. The number of hydrogen-bond acceptors (Lipinski definition) is 5. The predicted octanol–water partition coefficient (Wildman–Crippen LogP) is 3.75. The number of amides is 2. The number of fused-ring (bicyclic) bond motifs is 1. The van der Waals surface area contributed by atoms with Crippen LogP contribution in [0.2, 0.25) is 0 Å². The number of para-hydroxylation sites is 1. The van der Waals surface area contributed by atoms with Crippen LogP contribution in [0.3, 0.4) is 0 Å². The monoisotopic (exact) mass is 400 g/mol. The molecule has 30 heavy (non-hydrogen) atoms. The summed E-state index contributed by atoms with van der Waals surface area (Å²) in [5.41, 5.74) is 2.24. The fraction of sp³-hybridized carbons (Fsp3) is 0.167. The minimum absolute atomic E-state index is 0.262. The summed E-state index contributed by atoms with van der Waals surface area (Å²) in [4.78, 5) is 34.1. The van der Waals surface area contributed by atoms with Crippen molar-refractivity contribution in [1.29, 1.82) is 0 Å². The van der Waals surface area contributed by atoms with Gasteiger partial charge in [-0.25, -0.2) is 9.96 Å². The second-order valence-electron chi connectivity index (χ2n) is 7.28. The first-order valence-electron chi connectivity index (χ1n) is 9.77. The lowest BCUT2D eigenvalue weighted by molar-refractivity contribution is -0.126. The average Bonchev–Trinajstić information content (AvgIpc) is 3.31. The highest BCUT2D eigenvalue weighted by molar-refractivity contribution is 6.23. The van der Waals surface area contributed by atoms with Gasteiger partial charge in [0.15, 0.2) is 6.10 Å². The van der Waals surface area contributed by atoms with E-state index in [-0.39, 0.29) is 11.8 Å². The molecule has 0 N–H and O–H groups in total. The quantitative estimate of drug-likeness (QED) is 0.625. The minimum atomic E-state index is -0.870. The van der Waals surface area contributed by atoms with Gasteiger partial charge in [0.1, 0.15) is 11.7 Å². The third-order valence-corrected chi connectivity index (χ3v) is 5.60. The number of methoxy groups -OCH3 is 1.